The summed E-state index contributed by atoms with van der Waals surface area (Å²) in [4.78, 5) is 11.3. The molecule has 0 saturated heterocycles. The molecule has 18 heavy (non-hydrogen) atoms. The summed E-state index contributed by atoms with van der Waals surface area (Å²) in [7, 11) is 1.69. The molecule has 0 spiro atoms. The number of benzene rings is 1. The van der Waals surface area contributed by atoms with Crippen molar-refractivity contribution >= 4 is 18.5 Å². The molecule has 1 aromatic rings. The van der Waals surface area contributed by atoms with Gasteiger partial charge in [0.05, 0.1) is 7.11 Å². The van der Waals surface area contributed by atoms with Crippen molar-refractivity contribution in [1.29, 1.82) is 0 Å². The standard InChI is InChI=1S/C14H21NO2S/c1-3-12-10-11(4-5-13(12)17-2)6-8-15-14(16)7-9-18/h4-5,10,18H,3,6-9H2,1-2H3,(H,15,16). The molecule has 0 radical (unpaired) electrons. The SMILES string of the molecule is CCc1cc(CCNC(=O)CCS)ccc1OC. The monoisotopic (exact) mass is 267 g/mol. The topological polar surface area (TPSA) is 38.3 Å². The second-order valence-electron chi connectivity index (χ2n) is 4.07. The Bertz CT molecular complexity index is 393. The van der Waals surface area contributed by atoms with Gasteiger partial charge in [0, 0.05) is 13.0 Å². The first-order valence-electron chi connectivity index (χ1n) is 6.24. The molecule has 0 unspecified atom stereocenters. The number of hydrogen-bond acceptors (Lipinski definition) is 3. The number of carbonyl (C=O) groups is 1. The molecule has 0 atom stereocenters. The maximum absolute atomic E-state index is 11.3. The summed E-state index contributed by atoms with van der Waals surface area (Å²) in [6.45, 7) is 2.78. The van der Waals surface area contributed by atoms with Gasteiger partial charge in [0.25, 0.3) is 0 Å². The fourth-order valence-corrected chi connectivity index (χ4v) is 2.00. The summed E-state index contributed by atoms with van der Waals surface area (Å²) < 4.78 is 5.29. The van der Waals surface area contributed by atoms with Gasteiger partial charge < -0.3 is 10.1 Å². The fraction of sp³-hybridized carbons (Fsp3) is 0.500. The third-order valence-corrected chi connectivity index (χ3v) is 3.02. The first kappa shape index (κ1) is 14.9. The molecule has 100 valence electrons. The molecule has 0 fully saturated rings. The minimum absolute atomic E-state index is 0.0641. The van der Waals surface area contributed by atoms with Crippen LogP contribution >= 0.6 is 12.6 Å². The van der Waals surface area contributed by atoms with E-state index in [0.29, 0.717) is 18.7 Å². The normalized spacial score (nSPS) is 10.2. The van der Waals surface area contributed by atoms with Gasteiger partial charge in [-0.2, -0.15) is 12.6 Å². The van der Waals surface area contributed by atoms with E-state index in [4.69, 9.17) is 4.74 Å². The molecule has 0 aliphatic carbocycles. The zero-order chi connectivity index (χ0) is 13.4. The number of rotatable bonds is 7. The van der Waals surface area contributed by atoms with E-state index in [1.54, 1.807) is 7.11 Å². The van der Waals surface area contributed by atoms with Crippen LogP contribution in [0.2, 0.25) is 0 Å². The first-order valence-corrected chi connectivity index (χ1v) is 6.87. The Kier molecular flexibility index (Phi) is 6.65. The molecule has 1 N–H and O–H groups in total. The molecule has 0 saturated carbocycles. The van der Waals surface area contributed by atoms with Gasteiger partial charge in [-0.25, -0.2) is 0 Å². The first-order chi connectivity index (χ1) is 8.71. The van der Waals surface area contributed by atoms with Crippen LogP contribution in [-0.4, -0.2) is 25.3 Å². The van der Waals surface area contributed by atoms with Gasteiger partial charge in [-0.15, -0.1) is 0 Å². The Morgan fingerprint density at radius 2 is 2.22 bits per heavy atom. The van der Waals surface area contributed by atoms with Gasteiger partial charge in [-0.05, 0) is 35.8 Å². The minimum Gasteiger partial charge on any atom is -0.496 e. The van der Waals surface area contributed by atoms with Gasteiger partial charge >= 0.3 is 0 Å². The van der Waals surface area contributed by atoms with Crippen LogP contribution in [0, 0.1) is 0 Å². The van der Waals surface area contributed by atoms with E-state index in [0.717, 1.165) is 18.6 Å². The average molecular weight is 267 g/mol. The molecule has 1 rings (SSSR count). The van der Waals surface area contributed by atoms with E-state index in [9.17, 15) is 4.79 Å². The Labute approximate surface area is 114 Å². The average Bonchev–Trinajstić information content (AvgIpc) is 2.38. The van der Waals surface area contributed by atoms with Crippen LogP contribution in [0.3, 0.4) is 0 Å². The number of amides is 1. The summed E-state index contributed by atoms with van der Waals surface area (Å²) in [5, 5.41) is 2.88. The molecule has 1 aromatic carbocycles. The highest BCUT2D eigenvalue weighted by Gasteiger charge is 2.03. The molecule has 0 aromatic heterocycles. The quantitative estimate of drug-likeness (QED) is 0.744. The van der Waals surface area contributed by atoms with E-state index in [1.165, 1.54) is 11.1 Å². The molecule has 0 aliphatic rings. The third-order valence-electron chi connectivity index (χ3n) is 2.80. The molecule has 0 bridgehead atoms. The van der Waals surface area contributed by atoms with Crippen LogP contribution in [-0.2, 0) is 17.6 Å². The number of hydrogen-bond donors (Lipinski definition) is 2. The highest BCUT2D eigenvalue weighted by molar-refractivity contribution is 7.80. The zero-order valence-corrected chi connectivity index (χ0v) is 11.9. The lowest BCUT2D eigenvalue weighted by molar-refractivity contribution is -0.120. The maximum atomic E-state index is 11.3. The van der Waals surface area contributed by atoms with Crippen molar-refractivity contribution in [2.24, 2.45) is 0 Å². The van der Waals surface area contributed by atoms with Gasteiger partial charge in [-0.3, -0.25) is 4.79 Å². The zero-order valence-electron chi connectivity index (χ0n) is 11.0. The van der Waals surface area contributed by atoms with E-state index >= 15 is 0 Å². The van der Waals surface area contributed by atoms with Crippen molar-refractivity contribution in [2.75, 3.05) is 19.4 Å². The minimum atomic E-state index is 0.0641. The predicted octanol–water partition coefficient (Wildman–Crippen LogP) is 2.24. The van der Waals surface area contributed by atoms with Crippen molar-refractivity contribution in [3.05, 3.63) is 29.3 Å². The van der Waals surface area contributed by atoms with Crippen LogP contribution in [0.1, 0.15) is 24.5 Å². The highest BCUT2D eigenvalue weighted by atomic mass is 32.1. The molecule has 4 heteroatoms. The van der Waals surface area contributed by atoms with Crippen LogP contribution in [0.5, 0.6) is 5.75 Å². The summed E-state index contributed by atoms with van der Waals surface area (Å²) >= 11 is 4.03. The summed E-state index contributed by atoms with van der Waals surface area (Å²) in [6.07, 6.45) is 2.27. The van der Waals surface area contributed by atoms with Gasteiger partial charge in [0.2, 0.25) is 5.91 Å². The number of carbonyl (C=O) groups excluding carboxylic acids is 1. The van der Waals surface area contributed by atoms with Crippen LogP contribution in [0.15, 0.2) is 18.2 Å². The van der Waals surface area contributed by atoms with Crippen molar-refractivity contribution in [3.8, 4) is 5.75 Å². The van der Waals surface area contributed by atoms with Crippen molar-refractivity contribution in [3.63, 3.8) is 0 Å². The van der Waals surface area contributed by atoms with Crippen LogP contribution in [0.4, 0.5) is 0 Å². The number of thiol groups is 1. The Morgan fingerprint density at radius 3 is 2.83 bits per heavy atom. The molecule has 0 heterocycles. The smallest absolute Gasteiger partial charge is 0.220 e. The second-order valence-corrected chi connectivity index (χ2v) is 4.52. The molecular weight excluding hydrogens is 246 g/mol. The predicted molar refractivity (Wildman–Crippen MR) is 77.6 cm³/mol. The number of aryl methyl sites for hydroxylation is 1. The third kappa shape index (κ3) is 4.61. The Balaban J connectivity index is 2.50. The number of nitrogens with one attached hydrogen (secondary N) is 1. The van der Waals surface area contributed by atoms with E-state index in [1.807, 2.05) is 12.1 Å². The number of methoxy groups -OCH3 is 1. The molecule has 0 aliphatic heterocycles. The van der Waals surface area contributed by atoms with Crippen molar-refractivity contribution in [1.82, 2.24) is 5.32 Å². The molecular formula is C14H21NO2S. The van der Waals surface area contributed by atoms with Crippen molar-refractivity contribution in [2.45, 2.75) is 26.2 Å². The van der Waals surface area contributed by atoms with E-state index < -0.39 is 0 Å². The van der Waals surface area contributed by atoms with Gasteiger partial charge in [0.1, 0.15) is 5.75 Å². The number of ether oxygens (including phenoxy) is 1. The van der Waals surface area contributed by atoms with E-state index in [-0.39, 0.29) is 5.91 Å². The maximum Gasteiger partial charge on any atom is 0.220 e. The second kappa shape index (κ2) is 8.03. The lowest BCUT2D eigenvalue weighted by atomic mass is 10.1. The highest BCUT2D eigenvalue weighted by Crippen LogP contribution is 2.20. The van der Waals surface area contributed by atoms with Gasteiger partial charge in [-0.1, -0.05) is 19.1 Å². The molecule has 3 nitrogen and oxygen atoms in total. The molecule has 1 amide bonds. The van der Waals surface area contributed by atoms with Crippen LogP contribution < -0.4 is 10.1 Å². The van der Waals surface area contributed by atoms with Gasteiger partial charge in [0.15, 0.2) is 0 Å². The fourth-order valence-electron chi connectivity index (χ4n) is 1.80. The van der Waals surface area contributed by atoms with E-state index in [2.05, 4.69) is 30.9 Å². The lowest BCUT2D eigenvalue weighted by Gasteiger charge is -2.09. The Hall–Kier alpha value is -1.16. The Morgan fingerprint density at radius 1 is 1.44 bits per heavy atom. The van der Waals surface area contributed by atoms with Crippen LogP contribution in [0.25, 0.3) is 0 Å². The largest absolute Gasteiger partial charge is 0.496 e. The summed E-state index contributed by atoms with van der Waals surface area (Å²) in [6, 6.07) is 6.18. The summed E-state index contributed by atoms with van der Waals surface area (Å²) in [5.41, 5.74) is 2.43. The van der Waals surface area contributed by atoms with Crippen molar-refractivity contribution < 1.29 is 9.53 Å². The summed E-state index contributed by atoms with van der Waals surface area (Å²) in [5.74, 6) is 1.59. The lowest BCUT2D eigenvalue weighted by Crippen LogP contribution is -2.25.